The van der Waals surface area contributed by atoms with Crippen molar-refractivity contribution in [2.45, 2.75) is 31.8 Å². The molecule has 0 aromatic heterocycles. The lowest BCUT2D eigenvalue weighted by atomic mass is 9.81. The van der Waals surface area contributed by atoms with Gasteiger partial charge in [-0.3, -0.25) is 4.79 Å². The molecule has 5 nitrogen and oxygen atoms in total. The molecule has 4 rings (SSSR count). The normalized spacial score (nSPS) is 24.4. The summed E-state index contributed by atoms with van der Waals surface area (Å²) in [7, 11) is 0. The molecule has 3 aliphatic rings. The predicted octanol–water partition coefficient (Wildman–Crippen LogP) is 2.42. The highest BCUT2D eigenvalue weighted by Gasteiger charge is 2.54. The zero-order chi connectivity index (χ0) is 17.3. The zero-order valence-electron chi connectivity index (χ0n) is 14.9. The molecule has 1 aromatic carbocycles. The number of ether oxygens (including phenoxy) is 3. The third-order valence-electron chi connectivity index (χ3n) is 5.68. The van der Waals surface area contributed by atoms with Crippen molar-refractivity contribution in [1.29, 1.82) is 0 Å². The first kappa shape index (κ1) is 16.9. The van der Waals surface area contributed by atoms with Crippen LogP contribution in [0.2, 0.25) is 0 Å². The molecule has 2 heterocycles. The number of hydrogen-bond donors (Lipinski definition) is 0. The van der Waals surface area contributed by atoms with Gasteiger partial charge in [-0.2, -0.15) is 0 Å². The van der Waals surface area contributed by atoms with E-state index in [-0.39, 0.29) is 18.1 Å². The van der Waals surface area contributed by atoms with Crippen LogP contribution in [-0.4, -0.2) is 55.9 Å². The van der Waals surface area contributed by atoms with Gasteiger partial charge in [0.1, 0.15) is 11.4 Å². The lowest BCUT2D eigenvalue weighted by molar-refractivity contribution is -0.170. The fraction of sp³-hybridized carbons (Fsp3) is 0.650. The Morgan fingerprint density at radius 2 is 2.04 bits per heavy atom. The Balaban J connectivity index is 1.24. The molecule has 136 valence electrons. The Bertz CT molecular complexity index is 622. The fourth-order valence-corrected chi connectivity index (χ4v) is 3.76. The number of carbonyl (C=O) groups is 1. The number of carbonyl (C=O) groups excluding carboxylic acids is 1. The summed E-state index contributed by atoms with van der Waals surface area (Å²) in [6.45, 7) is 5.83. The Hall–Kier alpha value is -1.59. The molecule has 2 saturated heterocycles. The summed E-state index contributed by atoms with van der Waals surface area (Å²) in [6.07, 6.45) is 3.66. The average Bonchev–Trinajstić information content (AvgIpc) is 3.30. The molecule has 1 aliphatic carbocycles. The van der Waals surface area contributed by atoms with E-state index in [1.54, 1.807) is 0 Å². The van der Waals surface area contributed by atoms with E-state index in [1.807, 2.05) is 36.1 Å². The molecule has 1 amide bonds. The van der Waals surface area contributed by atoms with Crippen LogP contribution >= 0.6 is 0 Å². The molecule has 3 fully saturated rings. The summed E-state index contributed by atoms with van der Waals surface area (Å²) >= 11 is 0. The van der Waals surface area contributed by atoms with E-state index in [0.717, 1.165) is 43.5 Å². The molecular weight excluding hydrogens is 318 g/mol. The van der Waals surface area contributed by atoms with E-state index in [0.29, 0.717) is 19.0 Å². The van der Waals surface area contributed by atoms with Gasteiger partial charge in [-0.05, 0) is 43.7 Å². The monoisotopic (exact) mass is 345 g/mol. The summed E-state index contributed by atoms with van der Waals surface area (Å²) in [5, 5.41) is 0. The van der Waals surface area contributed by atoms with Crippen molar-refractivity contribution in [3.05, 3.63) is 29.8 Å². The Morgan fingerprint density at radius 3 is 2.80 bits per heavy atom. The Labute approximate surface area is 149 Å². The molecular formula is C20H27NO4. The highest BCUT2D eigenvalue weighted by Crippen LogP contribution is 2.40. The van der Waals surface area contributed by atoms with E-state index in [1.165, 1.54) is 12.8 Å². The molecule has 1 atom stereocenters. The summed E-state index contributed by atoms with van der Waals surface area (Å²) < 4.78 is 17.6. The Kier molecular flexibility index (Phi) is 4.69. The van der Waals surface area contributed by atoms with Crippen LogP contribution in [0.4, 0.5) is 0 Å². The summed E-state index contributed by atoms with van der Waals surface area (Å²) in [4.78, 5) is 14.2. The topological polar surface area (TPSA) is 48.0 Å². The lowest BCUT2D eigenvalue weighted by Gasteiger charge is -2.50. The smallest absolute Gasteiger partial charge is 0.260 e. The van der Waals surface area contributed by atoms with Gasteiger partial charge in [0, 0.05) is 19.1 Å². The minimum absolute atomic E-state index is 0.0297. The van der Waals surface area contributed by atoms with Crippen LogP contribution in [0.1, 0.15) is 24.8 Å². The van der Waals surface area contributed by atoms with Crippen LogP contribution in [0.25, 0.3) is 0 Å². The van der Waals surface area contributed by atoms with E-state index in [2.05, 4.69) is 0 Å². The average molecular weight is 345 g/mol. The van der Waals surface area contributed by atoms with Gasteiger partial charge in [-0.1, -0.05) is 18.2 Å². The van der Waals surface area contributed by atoms with E-state index in [9.17, 15) is 4.79 Å². The number of nitrogens with zero attached hydrogens (tertiary/aromatic N) is 1. The summed E-state index contributed by atoms with van der Waals surface area (Å²) in [6, 6.07) is 7.76. The standard InChI is InChI=1S/C20H27NO4/c1-15-4-2-3-5-18(15)24-12-19(22)21-13-20(14-21)17(8-9-25-20)11-23-10-16-6-7-16/h2-5,16-17H,6-14H2,1H3/t17-/m0/s1. The number of para-hydroxylation sites is 1. The van der Waals surface area contributed by atoms with Gasteiger partial charge in [0.25, 0.3) is 5.91 Å². The van der Waals surface area contributed by atoms with Crippen LogP contribution in [0.3, 0.4) is 0 Å². The molecule has 5 heteroatoms. The second-order valence-electron chi connectivity index (χ2n) is 7.68. The van der Waals surface area contributed by atoms with Crippen LogP contribution in [0, 0.1) is 18.8 Å². The van der Waals surface area contributed by atoms with Gasteiger partial charge in [-0.25, -0.2) is 0 Å². The van der Waals surface area contributed by atoms with Crippen molar-refractivity contribution in [3.63, 3.8) is 0 Å². The highest BCUT2D eigenvalue weighted by atomic mass is 16.5. The third-order valence-corrected chi connectivity index (χ3v) is 5.68. The molecule has 2 aliphatic heterocycles. The maximum atomic E-state index is 12.4. The molecule has 25 heavy (non-hydrogen) atoms. The highest BCUT2D eigenvalue weighted by molar-refractivity contribution is 5.79. The molecule has 1 spiro atoms. The van der Waals surface area contributed by atoms with Gasteiger partial charge in [0.15, 0.2) is 6.61 Å². The minimum atomic E-state index is -0.179. The lowest BCUT2D eigenvalue weighted by Crippen LogP contribution is -2.67. The maximum Gasteiger partial charge on any atom is 0.260 e. The van der Waals surface area contributed by atoms with Crippen molar-refractivity contribution in [2.24, 2.45) is 11.8 Å². The molecule has 0 N–H and O–H groups in total. The Morgan fingerprint density at radius 1 is 1.24 bits per heavy atom. The first-order chi connectivity index (χ1) is 12.2. The maximum absolute atomic E-state index is 12.4. The molecule has 0 radical (unpaired) electrons. The fourth-order valence-electron chi connectivity index (χ4n) is 3.76. The van der Waals surface area contributed by atoms with Crippen molar-refractivity contribution in [1.82, 2.24) is 4.90 Å². The first-order valence-electron chi connectivity index (χ1n) is 9.34. The number of amides is 1. The van der Waals surface area contributed by atoms with Gasteiger partial charge < -0.3 is 19.1 Å². The van der Waals surface area contributed by atoms with E-state index < -0.39 is 0 Å². The molecule has 1 aromatic rings. The van der Waals surface area contributed by atoms with Crippen molar-refractivity contribution in [3.8, 4) is 5.75 Å². The molecule has 0 bridgehead atoms. The number of hydrogen-bond acceptors (Lipinski definition) is 4. The van der Waals surface area contributed by atoms with E-state index in [4.69, 9.17) is 14.2 Å². The number of rotatable bonds is 7. The van der Waals surface area contributed by atoms with Gasteiger partial charge >= 0.3 is 0 Å². The van der Waals surface area contributed by atoms with Gasteiger partial charge in [-0.15, -0.1) is 0 Å². The van der Waals surface area contributed by atoms with Crippen LogP contribution in [0.5, 0.6) is 5.75 Å². The molecule has 0 unspecified atom stereocenters. The third kappa shape index (κ3) is 3.67. The van der Waals surface area contributed by atoms with Crippen LogP contribution in [0.15, 0.2) is 24.3 Å². The minimum Gasteiger partial charge on any atom is -0.484 e. The van der Waals surface area contributed by atoms with Gasteiger partial charge in [0.05, 0.1) is 19.7 Å². The number of benzene rings is 1. The zero-order valence-corrected chi connectivity index (χ0v) is 14.9. The van der Waals surface area contributed by atoms with Crippen molar-refractivity contribution >= 4 is 5.91 Å². The van der Waals surface area contributed by atoms with Gasteiger partial charge in [0.2, 0.25) is 0 Å². The summed E-state index contributed by atoms with van der Waals surface area (Å²) in [5.74, 6) is 2.00. The quantitative estimate of drug-likeness (QED) is 0.761. The summed E-state index contributed by atoms with van der Waals surface area (Å²) in [5.41, 5.74) is 0.865. The van der Waals surface area contributed by atoms with E-state index >= 15 is 0 Å². The van der Waals surface area contributed by atoms with Crippen LogP contribution < -0.4 is 4.74 Å². The number of aryl methyl sites for hydroxylation is 1. The van der Waals surface area contributed by atoms with Crippen molar-refractivity contribution in [2.75, 3.05) is 39.5 Å². The number of likely N-dealkylation sites (tertiary alicyclic amines) is 1. The first-order valence-corrected chi connectivity index (χ1v) is 9.34. The van der Waals surface area contributed by atoms with Crippen molar-refractivity contribution < 1.29 is 19.0 Å². The second-order valence-corrected chi connectivity index (χ2v) is 7.68. The van der Waals surface area contributed by atoms with Crippen LogP contribution in [-0.2, 0) is 14.3 Å². The molecule has 1 saturated carbocycles. The SMILES string of the molecule is Cc1ccccc1OCC(=O)N1CC2(C1)OCC[C@H]2COCC1CC1. The predicted molar refractivity (Wildman–Crippen MR) is 93.6 cm³/mol. The second kappa shape index (κ2) is 6.96. The largest absolute Gasteiger partial charge is 0.484 e.